The van der Waals surface area contributed by atoms with Crippen LogP contribution in [0.15, 0.2) is 72.8 Å². The number of nitro benzene ring substituents is 1. The third-order valence-electron chi connectivity index (χ3n) is 6.21. The van der Waals surface area contributed by atoms with E-state index in [1.165, 1.54) is 18.2 Å². The zero-order chi connectivity index (χ0) is 25.3. The number of likely N-dealkylation sites (tertiary alicyclic amines) is 1. The fourth-order valence-electron chi connectivity index (χ4n) is 4.23. The molecule has 0 aliphatic carbocycles. The molecule has 1 aliphatic rings. The number of anilines is 1. The monoisotopic (exact) mass is 490 g/mol. The van der Waals surface area contributed by atoms with E-state index >= 15 is 0 Å². The van der Waals surface area contributed by atoms with E-state index in [0.717, 1.165) is 38.2 Å². The van der Waals surface area contributed by atoms with Crippen molar-refractivity contribution in [2.24, 2.45) is 5.92 Å². The summed E-state index contributed by atoms with van der Waals surface area (Å²) < 4.78 is 5.76. The van der Waals surface area contributed by atoms with Crippen molar-refractivity contribution in [1.29, 1.82) is 0 Å². The Morgan fingerprint density at radius 1 is 1.03 bits per heavy atom. The topological polar surface area (TPSA) is 117 Å². The van der Waals surface area contributed by atoms with Gasteiger partial charge in [-0.2, -0.15) is 0 Å². The molecule has 1 fully saturated rings. The van der Waals surface area contributed by atoms with Gasteiger partial charge in [0.1, 0.15) is 17.2 Å². The quantitative estimate of drug-likeness (QED) is 0.282. The number of aromatic hydroxyl groups is 1. The van der Waals surface area contributed by atoms with E-state index in [1.54, 1.807) is 0 Å². The summed E-state index contributed by atoms with van der Waals surface area (Å²) in [5.74, 6) is 1.87. The number of rotatable bonds is 10. The van der Waals surface area contributed by atoms with Gasteiger partial charge in [0, 0.05) is 29.9 Å². The fraction of sp³-hybridized carbons (Fsp3) is 0.296. The maximum atomic E-state index is 12.3. The lowest BCUT2D eigenvalue weighted by molar-refractivity contribution is -0.385. The summed E-state index contributed by atoms with van der Waals surface area (Å²) in [5.41, 5.74) is 1.26. The Hall–Kier alpha value is -3.95. The highest BCUT2D eigenvalue weighted by Crippen LogP contribution is 2.26. The molecule has 4 rings (SSSR count). The molecule has 0 bridgehead atoms. The molecule has 1 saturated heterocycles. The Morgan fingerprint density at radius 3 is 2.42 bits per heavy atom. The highest BCUT2D eigenvalue weighted by atomic mass is 16.6. The van der Waals surface area contributed by atoms with Gasteiger partial charge in [-0.15, -0.1) is 0 Å². The zero-order valence-electron chi connectivity index (χ0n) is 19.9. The highest BCUT2D eigenvalue weighted by molar-refractivity contribution is 5.92. The Morgan fingerprint density at radius 2 is 1.72 bits per heavy atom. The molecule has 3 aromatic carbocycles. The number of benzene rings is 3. The van der Waals surface area contributed by atoms with Gasteiger partial charge in [-0.05, 0) is 80.9 Å². The lowest BCUT2D eigenvalue weighted by Gasteiger charge is -2.32. The van der Waals surface area contributed by atoms with Crippen LogP contribution in [0.25, 0.3) is 0 Å². The number of nitrogens with zero attached hydrogens (tertiary/aromatic N) is 2. The third-order valence-corrected chi connectivity index (χ3v) is 6.21. The maximum Gasteiger partial charge on any atom is 0.270 e. The molecule has 188 valence electrons. The molecule has 0 aromatic heterocycles. The van der Waals surface area contributed by atoms with Gasteiger partial charge in [-0.3, -0.25) is 19.8 Å². The molecule has 36 heavy (non-hydrogen) atoms. The van der Waals surface area contributed by atoms with Gasteiger partial charge in [-0.25, -0.2) is 0 Å². The number of carbonyl (C=O) groups is 1. The number of para-hydroxylation sites is 1. The van der Waals surface area contributed by atoms with E-state index in [0.29, 0.717) is 29.5 Å². The molecular formula is C27H30N4O5. The number of carbonyl (C=O) groups excluding carboxylic acids is 1. The number of phenolic OH excluding ortho intramolecular Hbond substituents is 1. The first-order chi connectivity index (χ1) is 17.5. The molecular weight excluding hydrogens is 460 g/mol. The molecule has 1 aliphatic heterocycles. The Labute approximate surface area is 209 Å². The molecule has 0 saturated carbocycles. The molecule has 0 spiro atoms. The molecule has 3 N–H and O–H groups in total. The predicted octanol–water partition coefficient (Wildman–Crippen LogP) is 4.53. The third kappa shape index (κ3) is 7.27. The molecule has 0 unspecified atom stereocenters. The summed E-state index contributed by atoms with van der Waals surface area (Å²) >= 11 is 0. The first kappa shape index (κ1) is 25.2. The smallest absolute Gasteiger partial charge is 0.270 e. The Balaban J connectivity index is 1.14. The van der Waals surface area contributed by atoms with Crippen molar-refractivity contribution in [3.05, 3.63) is 88.5 Å². The zero-order valence-corrected chi connectivity index (χ0v) is 19.9. The van der Waals surface area contributed by atoms with E-state index in [9.17, 15) is 20.0 Å². The van der Waals surface area contributed by atoms with Gasteiger partial charge in [0.15, 0.2) is 0 Å². The van der Waals surface area contributed by atoms with Crippen LogP contribution in [0, 0.1) is 16.0 Å². The number of amides is 1. The van der Waals surface area contributed by atoms with Crippen molar-refractivity contribution < 1.29 is 19.6 Å². The van der Waals surface area contributed by atoms with Crippen LogP contribution in [0.5, 0.6) is 17.2 Å². The van der Waals surface area contributed by atoms with Crippen LogP contribution in [0.1, 0.15) is 18.4 Å². The largest absolute Gasteiger partial charge is 0.508 e. The average molecular weight is 491 g/mol. The summed E-state index contributed by atoms with van der Waals surface area (Å²) in [7, 11) is 0. The van der Waals surface area contributed by atoms with Crippen molar-refractivity contribution in [2.75, 3.05) is 31.5 Å². The first-order valence-corrected chi connectivity index (χ1v) is 12.0. The Bertz CT molecular complexity index is 1160. The normalized spacial score (nSPS) is 14.3. The van der Waals surface area contributed by atoms with Crippen LogP contribution < -0.4 is 15.4 Å². The van der Waals surface area contributed by atoms with Crippen molar-refractivity contribution in [1.82, 2.24) is 10.2 Å². The lowest BCUT2D eigenvalue weighted by Crippen LogP contribution is -2.38. The average Bonchev–Trinajstić information content (AvgIpc) is 2.88. The minimum absolute atomic E-state index is 0.0170. The minimum Gasteiger partial charge on any atom is -0.508 e. The summed E-state index contributed by atoms with van der Waals surface area (Å²) in [6.07, 6.45) is 1.90. The first-order valence-electron chi connectivity index (χ1n) is 12.0. The van der Waals surface area contributed by atoms with E-state index in [2.05, 4.69) is 15.5 Å². The van der Waals surface area contributed by atoms with Crippen LogP contribution in [0.2, 0.25) is 0 Å². The number of nitro groups is 1. The second kappa shape index (κ2) is 12.1. The minimum atomic E-state index is -0.452. The van der Waals surface area contributed by atoms with Gasteiger partial charge >= 0.3 is 0 Å². The summed E-state index contributed by atoms with van der Waals surface area (Å²) in [5, 5.41) is 27.2. The van der Waals surface area contributed by atoms with Crippen molar-refractivity contribution in [3.8, 4) is 17.2 Å². The van der Waals surface area contributed by atoms with Crippen molar-refractivity contribution in [3.63, 3.8) is 0 Å². The van der Waals surface area contributed by atoms with Gasteiger partial charge in [0.05, 0.1) is 11.5 Å². The molecule has 9 heteroatoms. The molecule has 0 radical (unpaired) electrons. The summed E-state index contributed by atoms with van der Waals surface area (Å²) in [6, 6.07) is 20.9. The molecule has 0 atom stereocenters. The number of phenols is 1. The van der Waals surface area contributed by atoms with Crippen LogP contribution >= 0.6 is 0 Å². The maximum absolute atomic E-state index is 12.3. The van der Waals surface area contributed by atoms with Crippen molar-refractivity contribution in [2.45, 2.75) is 19.4 Å². The van der Waals surface area contributed by atoms with Crippen LogP contribution in [0.3, 0.4) is 0 Å². The van der Waals surface area contributed by atoms with Crippen LogP contribution in [-0.2, 0) is 11.3 Å². The molecule has 9 nitrogen and oxygen atoms in total. The Kier molecular flexibility index (Phi) is 8.48. The fourth-order valence-corrected chi connectivity index (χ4v) is 4.23. The number of hydrogen-bond acceptors (Lipinski definition) is 7. The van der Waals surface area contributed by atoms with E-state index in [1.807, 2.05) is 54.6 Å². The number of ether oxygens (including phenoxy) is 1. The van der Waals surface area contributed by atoms with E-state index in [-0.39, 0.29) is 23.9 Å². The molecule has 1 amide bonds. The number of non-ortho nitro benzene ring substituents is 1. The van der Waals surface area contributed by atoms with E-state index in [4.69, 9.17) is 4.74 Å². The SMILES string of the molecule is O=C(CNCC1CCN(Cc2cc([N+](=O)[O-])ccc2O)CC1)Nc1ccc(Oc2ccccc2)cc1. The predicted molar refractivity (Wildman–Crippen MR) is 137 cm³/mol. The van der Waals surface area contributed by atoms with Gasteiger partial charge in [0.2, 0.25) is 5.91 Å². The van der Waals surface area contributed by atoms with Crippen molar-refractivity contribution >= 4 is 17.3 Å². The molecule has 3 aromatic rings. The number of hydrogen-bond donors (Lipinski definition) is 3. The van der Waals surface area contributed by atoms with Crippen LogP contribution in [-0.4, -0.2) is 47.0 Å². The number of piperidine rings is 1. The summed E-state index contributed by atoms with van der Waals surface area (Å²) in [4.78, 5) is 25.0. The van der Waals surface area contributed by atoms with Gasteiger partial charge in [-0.1, -0.05) is 18.2 Å². The van der Waals surface area contributed by atoms with E-state index < -0.39 is 4.92 Å². The highest BCUT2D eigenvalue weighted by Gasteiger charge is 2.21. The van der Waals surface area contributed by atoms with Gasteiger partial charge in [0.25, 0.3) is 5.69 Å². The lowest BCUT2D eigenvalue weighted by atomic mass is 9.96. The standard InChI is InChI=1S/C27H30N4O5/c32-26-11-8-23(31(34)35)16-21(26)19-30-14-12-20(13-15-30)17-28-18-27(33)29-22-6-9-25(10-7-22)36-24-4-2-1-3-5-24/h1-11,16,20,28,32H,12-15,17-19H2,(H,29,33). The number of nitrogens with one attached hydrogen (secondary N) is 2. The molecule has 1 heterocycles. The summed E-state index contributed by atoms with van der Waals surface area (Å²) in [6.45, 7) is 3.11. The van der Waals surface area contributed by atoms with Crippen LogP contribution in [0.4, 0.5) is 11.4 Å². The second-order valence-electron chi connectivity index (χ2n) is 8.91. The van der Waals surface area contributed by atoms with Gasteiger partial charge < -0.3 is 20.5 Å². The second-order valence-corrected chi connectivity index (χ2v) is 8.91.